The number of non-ortho nitro benzene ring substituents is 1. The summed E-state index contributed by atoms with van der Waals surface area (Å²) in [6.45, 7) is 3.95. The van der Waals surface area contributed by atoms with Crippen molar-refractivity contribution in [3.8, 4) is 0 Å². The number of benzene rings is 1. The molecule has 2 aromatic rings. The minimum atomic E-state index is -0.433. The maximum absolute atomic E-state index is 11.7. The number of nitrogens with zero attached hydrogens (tertiary/aromatic N) is 2. The monoisotopic (exact) mass is 340 g/mol. The maximum Gasteiger partial charge on any atom is 0.270 e. The predicted molar refractivity (Wildman–Crippen MR) is 94.3 cm³/mol. The highest BCUT2D eigenvalue weighted by Crippen LogP contribution is 2.46. The Morgan fingerprint density at radius 2 is 2.04 bits per heavy atom. The van der Waals surface area contributed by atoms with Gasteiger partial charge >= 0.3 is 0 Å². The van der Waals surface area contributed by atoms with Crippen molar-refractivity contribution < 1.29 is 9.72 Å². The fraction of sp³-hybridized carbons (Fsp3) is 0.222. The van der Waals surface area contributed by atoms with Gasteiger partial charge in [0.2, 0.25) is 0 Å². The summed E-state index contributed by atoms with van der Waals surface area (Å²) >= 11 is 5.40. The summed E-state index contributed by atoms with van der Waals surface area (Å²) in [6.07, 6.45) is 4.70. The number of hydrogen-bond acceptors (Lipinski definition) is 4. The van der Waals surface area contributed by atoms with E-state index in [-0.39, 0.29) is 11.6 Å². The van der Waals surface area contributed by atoms with Gasteiger partial charge in [0.1, 0.15) is 10.9 Å². The van der Waals surface area contributed by atoms with E-state index in [9.17, 15) is 14.9 Å². The summed E-state index contributed by atoms with van der Waals surface area (Å²) in [5, 5.41) is 11.2. The zero-order valence-electron chi connectivity index (χ0n) is 13.3. The van der Waals surface area contributed by atoms with Crippen LogP contribution in [-0.4, -0.2) is 15.8 Å². The lowest BCUT2D eigenvalue weighted by molar-refractivity contribution is -0.384. The Balaban J connectivity index is 2.34. The lowest BCUT2D eigenvalue weighted by Crippen LogP contribution is -2.27. The van der Waals surface area contributed by atoms with E-state index in [1.54, 1.807) is 12.1 Å². The number of allylic oxidation sites excluding steroid dienone is 1. The molecule has 1 aliphatic carbocycles. The van der Waals surface area contributed by atoms with Crippen molar-refractivity contribution in [3.63, 3.8) is 0 Å². The first-order valence-corrected chi connectivity index (χ1v) is 7.91. The topological polar surface area (TPSA) is 65.1 Å². The molecule has 1 atom stereocenters. The van der Waals surface area contributed by atoms with E-state index in [1.165, 1.54) is 12.1 Å². The quantitative estimate of drug-likeness (QED) is 0.361. The van der Waals surface area contributed by atoms with Crippen LogP contribution in [0.2, 0.25) is 0 Å². The number of fused-ring (bicyclic) bond motifs is 1. The van der Waals surface area contributed by atoms with Crippen molar-refractivity contribution >= 4 is 29.9 Å². The molecule has 0 spiro atoms. The van der Waals surface area contributed by atoms with Crippen LogP contribution in [0, 0.1) is 20.2 Å². The van der Waals surface area contributed by atoms with Crippen LogP contribution in [0.3, 0.4) is 0 Å². The standard InChI is InChI=1S/C18H16N2O3S/c1-18(2)10-16(19-8-4-3-5-17(19)24)14-9-12(20(22)23)6-7-13(14)15(18)11-21/h3-11,15H,1-2H3. The molecule has 0 saturated carbocycles. The smallest absolute Gasteiger partial charge is 0.270 e. The minimum Gasteiger partial charge on any atom is -0.308 e. The Labute approximate surface area is 144 Å². The molecule has 24 heavy (non-hydrogen) atoms. The number of nitro benzene ring substituents is 1. The van der Waals surface area contributed by atoms with E-state index in [0.29, 0.717) is 10.2 Å². The summed E-state index contributed by atoms with van der Waals surface area (Å²) < 4.78 is 2.42. The molecule has 0 aliphatic heterocycles. The number of nitro groups is 1. The van der Waals surface area contributed by atoms with Gasteiger partial charge in [0, 0.05) is 29.8 Å². The third-order valence-corrected chi connectivity index (χ3v) is 4.72. The van der Waals surface area contributed by atoms with E-state index < -0.39 is 10.3 Å². The Morgan fingerprint density at radius 1 is 1.29 bits per heavy atom. The second-order valence-corrected chi connectivity index (χ2v) is 6.82. The molecular formula is C18H16N2O3S. The highest BCUT2D eigenvalue weighted by molar-refractivity contribution is 7.71. The molecule has 0 bridgehead atoms. The van der Waals surface area contributed by atoms with Crippen LogP contribution >= 0.6 is 12.2 Å². The Hall–Kier alpha value is -2.60. The molecule has 3 rings (SSSR count). The van der Waals surface area contributed by atoms with Gasteiger partial charge in [-0.05, 0) is 23.1 Å². The van der Waals surface area contributed by atoms with Crippen LogP contribution in [-0.2, 0) is 4.79 Å². The highest BCUT2D eigenvalue weighted by atomic mass is 32.1. The summed E-state index contributed by atoms with van der Waals surface area (Å²) in [6, 6.07) is 10.1. The molecule has 0 N–H and O–H groups in total. The van der Waals surface area contributed by atoms with Crippen LogP contribution in [0.15, 0.2) is 48.7 Å². The Bertz CT molecular complexity index is 928. The van der Waals surface area contributed by atoms with Crippen molar-refractivity contribution in [2.75, 3.05) is 0 Å². The van der Waals surface area contributed by atoms with E-state index >= 15 is 0 Å². The van der Waals surface area contributed by atoms with Gasteiger partial charge in [0.15, 0.2) is 0 Å². The second kappa shape index (κ2) is 5.79. The third-order valence-electron chi connectivity index (χ3n) is 4.39. The summed E-state index contributed by atoms with van der Waals surface area (Å²) in [4.78, 5) is 22.4. The van der Waals surface area contributed by atoms with Gasteiger partial charge in [0.25, 0.3) is 5.69 Å². The first-order chi connectivity index (χ1) is 11.3. The Morgan fingerprint density at radius 3 is 2.67 bits per heavy atom. The molecule has 1 unspecified atom stereocenters. The number of aldehydes is 1. The molecule has 0 saturated heterocycles. The van der Waals surface area contributed by atoms with Crippen molar-refractivity contribution in [1.29, 1.82) is 0 Å². The summed E-state index contributed by atoms with van der Waals surface area (Å²) in [5.41, 5.74) is 1.78. The highest BCUT2D eigenvalue weighted by Gasteiger charge is 2.36. The number of carbonyl (C=O) groups is 1. The SMILES string of the molecule is CC1(C)C=C(n2ccccc2=S)c2cc([N+](=O)[O-])ccc2C1C=O. The molecule has 0 amide bonds. The van der Waals surface area contributed by atoms with E-state index in [2.05, 4.69) is 0 Å². The van der Waals surface area contributed by atoms with Crippen LogP contribution in [0.4, 0.5) is 5.69 Å². The first-order valence-electron chi connectivity index (χ1n) is 7.50. The molecule has 1 aromatic carbocycles. The zero-order chi connectivity index (χ0) is 17.5. The fourth-order valence-corrected chi connectivity index (χ4v) is 3.38. The normalized spacial score (nSPS) is 18.4. The van der Waals surface area contributed by atoms with Gasteiger partial charge in [-0.25, -0.2) is 0 Å². The van der Waals surface area contributed by atoms with E-state index in [0.717, 1.165) is 17.5 Å². The van der Waals surface area contributed by atoms with Gasteiger partial charge in [0.05, 0.1) is 10.6 Å². The van der Waals surface area contributed by atoms with Gasteiger partial charge < -0.3 is 9.36 Å². The molecule has 0 fully saturated rings. The number of aromatic nitrogens is 1. The number of pyridine rings is 1. The first kappa shape index (κ1) is 16.3. The minimum absolute atomic E-state index is 0.00791. The van der Waals surface area contributed by atoms with Crippen molar-refractivity contribution in [2.45, 2.75) is 19.8 Å². The Kier molecular flexibility index (Phi) is 3.93. The average molecular weight is 340 g/mol. The number of carbonyl (C=O) groups excluding carboxylic acids is 1. The van der Waals surface area contributed by atoms with Crippen molar-refractivity contribution in [2.24, 2.45) is 5.41 Å². The molecular weight excluding hydrogens is 324 g/mol. The van der Waals surface area contributed by atoms with E-state index in [4.69, 9.17) is 12.2 Å². The summed E-state index contributed by atoms with van der Waals surface area (Å²) in [7, 11) is 0. The average Bonchev–Trinajstić information content (AvgIpc) is 2.53. The number of rotatable bonds is 3. The van der Waals surface area contributed by atoms with Crippen molar-refractivity contribution in [3.05, 3.63) is 74.6 Å². The zero-order valence-corrected chi connectivity index (χ0v) is 14.1. The summed E-state index contributed by atoms with van der Waals surface area (Å²) in [5.74, 6) is -0.366. The molecule has 0 radical (unpaired) electrons. The predicted octanol–water partition coefficient (Wildman–Crippen LogP) is 4.34. The van der Waals surface area contributed by atoms with Gasteiger partial charge in [-0.1, -0.05) is 44.3 Å². The van der Waals surface area contributed by atoms with Gasteiger partial charge in [-0.3, -0.25) is 10.1 Å². The van der Waals surface area contributed by atoms with Crippen LogP contribution < -0.4 is 0 Å². The second-order valence-electron chi connectivity index (χ2n) is 6.40. The molecule has 122 valence electrons. The lowest BCUT2D eigenvalue weighted by atomic mass is 9.69. The van der Waals surface area contributed by atoms with Crippen LogP contribution in [0.1, 0.15) is 30.9 Å². The largest absolute Gasteiger partial charge is 0.308 e. The van der Waals surface area contributed by atoms with E-state index in [1.807, 2.05) is 42.8 Å². The van der Waals surface area contributed by atoms with Crippen LogP contribution in [0.25, 0.3) is 5.70 Å². The molecule has 1 aliphatic rings. The molecule has 6 heteroatoms. The van der Waals surface area contributed by atoms with Gasteiger partial charge in [-0.2, -0.15) is 0 Å². The maximum atomic E-state index is 11.7. The lowest BCUT2D eigenvalue weighted by Gasteiger charge is -2.35. The fourth-order valence-electron chi connectivity index (χ4n) is 3.15. The van der Waals surface area contributed by atoms with Crippen molar-refractivity contribution in [1.82, 2.24) is 4.57 Å². The molecule has 5 nitrogen and oxygen atoms in total. The third kappa shape index (κ3) is 2.59. The molecule has 1 aromatic heterocycles. The number of hydrogen-bond donors (Lipinski definition) is 0. The van der Waals surface area contributed by atoms with Gasteiger partial charge in [-0.15, -0.1) is 0 Å². The van der Waals surface area contributed by atoms with Crippen LogP contribution in [0.5, 0.6) is 0 Å². The molecule has 1 heterocycles.